The largest absolute Gasteiger partial charge is 0.472 e. The minimum absolute atomic E-state index is 0.0428. The Morgan fingerprint density at radius 3 is 2.42 bits per heavy atom. The fourth-order valence-corrected chi connectivity index (χ4v) is 4.88. The van der Waals surface area contributed by atoms with Crippen LogP contribution < -0.4 is 10.6 Å². The van der Waals surface area contributed by atoms with Crippen LogP contribution in [0.5, 0.6) is 0 Å². The van der Waals surface area contributed by atoms with E-state index in [1.54, 1.807) is 13.8 Å². The molecular weight excluding hydrogens is 519 g/mol. The van der Waals surface area contributed by atoms with Gasteiger partial charge in [-0.1, -0.05) is 25.6 Å². The van der Waals surface area contributed by atoms with Crippen LogP contribution in [0, 0.1) is 11.3 Å². The molecule has 3 atom stereocenters. The number of Topliss-reactive ketones (excluding diaryl/α,β-unsaturated/α-hetero) is 2. The highest BCUT2D eigenvalue weighted by Crippen LogP contribution is 2.52. The van der Waals surface area contributed by atoms with Crippen molar-refractivity contribution in [2.45, 2.75) is 52.6 Å². The zero-order valence-corrected chi connectivity index (χ0v) is 22.4. The predicted octanol–water partition coefficient (Wildman–Crippen LogP) is 0.528. The number of nitrogens with one attached hydrogen (secondary N) is 2. The van der Waals surface area contributed by atoms with Crippen molar-refractivity contribution in [2.75, 3.05) is 32.6 Å². The van der Waals surface area contributed by atoms with Crippen molar-refractivity contribution in [1.29, 1.82) is 0 Å². The number of carbonyl (C=O) groups excluding carboxylic acids is 6. The molecule has 0 spiro atoms. The summed E-state index contributed by atoms with van der Waals surface area (Å²) in [5, 5.41) is 4.61. The first kappa shape index (κ1) is 31.9. The Balaban J connectivity index is 2.27. The van der Waals surface area contributed by atoms with Crippen molar-refractivity contribution >= 4 is 54.1 Å². The number of rotatable bonds is 14. The van der Waals surface area contributed by atoms with Gasteiger partial charge in [-0.05, 0) is 6.92 Å². The zero-order chi connectivity index (χ0) is 27.5. The van der Waals surface area contributed by atoms with Crippen LogP contribution in [0.3, 0.4) is 0 Å². The van der Waals surface area contributed by atoms with E-state index in [-0.39, 0.29) is 44.7 Å². The molecule has 15 heteroatoms. The number of ketones is 2. The van der Waals surface area contributed by atoms with Crippen LogP contribution in [0.25, 0.3) is 0 Å². The van der Waals surface area contributed by atoms with Gasteiger partial charge in [0.25, 0.3) is 0 Å². The van der Waals surface area contributed by atoms with Crippen molar-refractivity contribution < 1.29 is 52.0 Å². The van der Waals surface area contributed by atoms with Gasteiger partial charge in [-0.3, -0.25) is 37.8 Å². The first-order chi connectivity index (χ1) is 16.7. The summed E-state index contributed by atoms with van der Waals surface area (Å²) >= 11 is 0.843. The van der Waals surface area contributed by atoms with E-state index in [9.17, 15) is 38.2 Å². The number of phosphoric ester groups is 1. The molecule has 1 rings (SSSR count). The third-order valence-corrected chi connectivity index (χ3v) is 7.13. The van der Waals surface area contributed by atoms with Gasteiger partial charge in [0.15, 0.2) is 17.0 Å². The monoisotopic (exact) mass is 552 g/mol. The lowest BCUT2D eigenvalue weighted by Crippen LogP contribution is -2.49. The van der Waals surface area contributed by atoms with E-state index in [0.29, 0.717) is 0 Å². The molecule has 2 unspecified atom stereocenters. The molecule has 0 radical (unpaired) electrons. The van der Waals surface area contributed by atoms with Gasteiger partial charge >= 0.3 is 13.8 Å². The molecule has 36 heavy (non-hydrogen) atoms. The average Bonchev–Trinajstić information content (AvgIpc) is 2.81. The summed E-state index contributed by atoms with van der Waals surface area (Å²) in [6, 6.07) is 0. The van der Waals surface area contributed by atoms with Crippen molar-refractivity contribution in [3.05, 3.63) is 0 Å². The topological polar surface area (TPSA) is 191 Å². The number of hydrogen-bond donors (Lipinski definition) is 3. The lowest BCUT2D eigenvalue weighted by atomic mass is 9.87. The summed E-state index contributed by atoms with van der Waals surface area (Å²) in [5.74, 6) is -3.41. The highest BCUT2D eigenvalue weighted by Gasteiger charge is 2.47. The molecule has 0 saturated carbocycles. The Bertz CT molecular complexity index is 908. The standard InChI is InChI=1S/C21H33N2O11PS/c1-13(15(25)11-14(24)5-6-17(27)32-4)20(29)36-10-9-22-16(26)7-8-23-19(28)18-21(2,3)12-33-35(30,31)34-18/h13,18H,5-12H2,1-4H3,(H,22,26)(H,23,28)(H,30,31)/t13?,18-/m0/s1. The number of amides is 2. The minimum Gasteiger partial charge on any atom is -0.469 e. The van der Waals surface area contributed by atoms with Crippen LogP contribution in [-0.2, 0) is 47.1 Å². The van der Waals surface area contributed by atoms with Crippen molar-refractivity contribution in [3.8, 4) is 0 Å². The summed E-state index contributed by atoms with van der Waals surface area (Å²) in [7, 11) is -3.11. The molecule has 1 aliphatic heterocycles. The first-order valence-electron chi connectivity index (χ1n) is 11.2. The van der Waals surface area contributed by atoms with E-state index in [0.717, 1.165) is 11.8 Å². The molecule has 0 aromatic rings. The summed E-state index contributed by atoms with van der Waals surface area (Å²) in [6.45, 7) is 4.61. The Labute approximate surface area is 213 Å². The molecule has 1 saturated heterocycles. The van der Waals surface area contributed by atoms with Gasteiger partial charge < -0.3 is 20.3 Å². The third-order valence-electron chi connectivity index (χ3n) is 5.15. The van der Waals surface area contributed by atoms with E-state index < -0.39 is 66.1 Å². The molecule has 0 aromatic carbocycles. The number of esters is 1. The Hall–Kier alpha value is -2.12. The molecule has 1 heterocycles. The molecule has 3 N–H and O–H groups in total. The molecule has 2 amide bonds. The SMILES string of the molecule is COC(=O)CCC(=O)CC(=O)C(C)C(=O)SCCNC(=O)CCNC(=O)[C@@H]1OP(=O)(O)OCC1(C)C. The summed E-state index contributed by atoms with van der Waals surface area (Å²) in [6.07, 6.45) is -2.01. The van der Waals surface area contributed by atoms with Gasteiger partial charge in [0.05, 0.1) is 32.5 Å². The Morgan fingerprint density at radius 2 is 1.78 bits per heavy atom. The van der Waals surface area contributed by atoms with Gasteiger partial charge in [-0.2, -0.15) is 0 Å². The highest BCUT2D eigenvalue weighted by atomic mass is 32.2. The maximum atomic E-state index is 12.3. The van der Waals surface area contributed by atoms with Crippen LogP contribution in [-0.4, -0.2) is 78.0 Å². The van der Waals surface area contributed by atoms with E-state index in [1.165, 1.54) is 14.0 Å². The number of carbonyl (C=O) groups is 6. The smallest absolute Gasteiger partial charge is 0.469 e. The van der Waals surface area contributed by atoms with Crippen molar-refractivity contribution in [3.63, 3.8) is 0 Å². The van der Waals surface area contributed by atoms with Gasteiger partial charge in [0, 0.05) is 37.1 Å². The highest BCUT2D eigenvalue weighted by molar-refractivity contribution is 8.13. The number of thioether (sulfide) groups is 1. The average molecular weight is 553 g/mol. The molecular formula is C21H33N2O11PS. The van der Waals surface area contributed by atoms with Crippen LogP contribution in [0.15, 0.2) is 0 Å². The molecule has 204 valence electrons. The number of methoxy groups -OCH3 is 1. The van der Waals surface area contributed by atoms with E-state index in [2.05, 4.69) is 15.4 Å². The third kappa shape index (κ3) is 11.3. The van der Waals surface area contributed by atoms with Gasteiger partial charge in [0.2, 0.25) is 11.8 Å². The lowest BCUT2D eigenvalue weighted by Gasteiger charge is -2.38. The quantitative estimate of drug-likeness (QED) is 0.117. The van der Waals surface area contributed by atoms with Crippen LogP contribution in [0.2, 0.25) is 0 Å². The molecule has 0 bridgehead atoms. The molecule has 1 fully saturated rings. The second-order valence-corrected chi connectivity index (χ2v) is 11.3. The summed E-state index contributed by atoms with van der Waals surface area (Å²) < 4.78 is 25.6. The lowest BCUT2D eigenvalue weighted by molar-refractivity contribution is -0.142. The first-order valence-corrected chi connectivity index (χ1v) is 13.6. The van der Waals surface area contributed by atoms with Crippen molar-refractivity contribution in [1.82, 2.24) is 10.6 Å². The summed E-state index contributed by atoms with van der Waals surface area (Å²) in [4.78, 5) is 80.8. The van der Waals surface area contributed by atoms with Gasteiger partial charge in [-0.15, -0.1) is 0 Å². The van der Waals surface area contributed by atoms with Gasteiger partial charge in [0.1, 0.15) is 5.78 Å². The predicted molar refractivity (Wildman–Crippen MR) is 128 cm³/mol. The minimum atomic E-state index is -4.31. The van der Waals surface area contributed by atoms with Crippen molar-refractivity contribution in [2.24, 2.45) is 11.3 Å². The van der Waals surface area contributed by atoms with Crippen LogP contribution >= 0.6 is 19.6 Å². The Morgan fingerprint density at radius 1 is 1.11 bits per heavy atom. The fraction of sp³-hybridized carbons (Fsp3) is 0.714. The second kappa shape index (κ2) is 14.6. The van der Waals surface area contributed by atoms with E-state index in [1.807, 2.05) is 0 Å². The maximum Gasteiger partial charge on any atom is 0.472 e. The molecule has 0 aromatic heterocycles. The second-order valence-electron chi connectivity index (χ2n) is 8.75. The molecule has 1 aliphatic rings. The van der Waals surface area contributed by atoms with E-state index >= 15 is 0 Å². The summed E-state index contributed by atoms with van der Waals surface area (Å²) in [5.41, 5.74) is -0.846. The Kier molecular flexibility index (Phi) is 12.9. The molecule has 13 nitrogen and oxygen atoms in total. The van der Waals surface area contributed by atoms with Crippen LogP contribution in [0.4, 0.5) is 0 Å². The molecule has 0 aliphatic carbocycles. The maximum absolute atomic E-state index is 12.3. The fourth-order valence-electron chi connectivity index (χ4n) is 2.89. The van der Waals surface area contributed by atoms with Crippen LogP contribution in [0.1, 0.15) is 46.5 Å². The number of phosphoric acid groups is 1. The zero-order valence-electron chi connectivity index (χ0n) is 20.7. The normalized spacial score (nSPS) is 21.6. The van der Waals surface area contributed by atoms with E-state index in [4.69, 9.17) is 9.05 Å². The van der Waals surface area contributed by atoms with Gasteiger partial charge in [-0.25, -0.2) is 4.57 Å². The number of hydrogen-bond acceptors (Lipinski definition) is 11. The number of ether oxygens (including phenoxy) is 1.